The Morgan fingerprint density at radius 1 is 1.19 bits per heavy atom. The molecule has 0 saturated carbocycles. The number of pyridine rings is 1. The van der Waals surface area contributed by atoms with E-state index in [1.807, 2.05) is 36.2 Å². The first-order valence-corrected chi connectivity index (χ1v) is 12.0. The van der Waals surface area contributed by atoms with Crippen LogP contribution in [0.25, 0.3) is 11.0 Å². The van der Waals surface area contributed by atoms with Crippen LogP contribution < -0.4 is 5.32 Å². The van der Waals surface area contributed by atoms with Crippen LogP contribution in [0, 0.1) is 12.7 Å². The number of likely N-dealkylation sites (N-methyl/N-ethyl adjacent to an activating group) is 1. The molecule has 10 heteroatoms. The number of nitrogens with zero attached hydrogens (tertiary/aromatic N) is 5. The number of rotatable bonds is 7. The zero-order valence-electron chi connectivity index (χ0n) is 20.9. The van der Waals surface area contributed by atoms with Crippen molar-refractivity contribution < 1.29 is 18.0 Å². The van der Waals surface area contributed by atoms with E-state index in [1.165, 1.54) is 12.1 Å². The molecule has 7 nitrogen and oxygen atoms in total. The summed E-state index contributed by atoms with van der Waals surface area (Å²) < 4.78 is 41.1. The number of hydrogen-bond acceptors (Lipinski definition) is 6. The highest BCUT2D eigenvalue weighted by molar-refractivity contribution is 5.87. The van der Waals surface area contributed by atoms with Gasteiger partial charge >= 0.3 is 0 Å². The number of fused-ring (bicyclic) bond motifs is 1. The molecule has 1 aliphatic rings. The number of benzene rings is 1. The van der Waals surface area contributed by atoms with Crippen molar-refractivity contribution in [2.75, 3.05) is 39.0 Å². The molecular formula is C26H31F3N6O. The molecular weight excluding hydrogens is 469 g/mol. The fourth-order valence-corrected chi connectivity index (χ4v) is 4.66. The number of alkyl halides is 2. The van der Waals surface area contributed by atoms with Crippen molar-refractivity contribution in [3.63, 3.8) is 0 Å². The Morgan fingerprint density at radius 3 is 2.56 bits per heavy atom. The fraction of sp³-hybridized carbons (Fsp3) is 0.462. The lowest BCUT2D eigenvalue weighted by atomic mass is 9.90. The Kier molecular flexibility index (Phi) is 7.73. The maximum Gasteiger partial charge on any atom is 0.266 e. The molecule has 0 radical (unpaired) electrons. The molecule has 0 aliphatic carbocycles. The van der Waals surface area contributed by atoms with Crippen LogP contribution in [0.3, 0.4) is 0 Å². The van der Waals surface area contributed by atoms with Gasteiger partial charge in [0.2, 0.25) is 5.91 Å². The van der Waals surface area contributed by atoms with Crippen LogP contribution in [0.1, 0.15) is 60.7 Å². The molecule has 1 atom stereocenters. The Labute approximate surface area is 208 Å². The normalized spacial score (nSPS) is 15.6. The van der Waals surface area contributed by atoms with E-state index in [-0.39, 0.29) is 17.4 Å². The molecule has 4 rings (SSSR count). The standard InChI is InChI=1S/C26H31F3N6O/c1-15(19-6-5-7-20(23(19)27)24(28)29)31-26-21-12-18(13-30-25(21)32-16(2)33-26)17-8-10-35(11-9-17)22(36)14-34(3)4/h5-7,12-13,15,17,24H,8-11,14H2,1-4H3,(H,30,31,32,33)/t15-/m1/s1. The van der Waals surface area contributed by atoms with E-state index in [0.717, 1.165) is 24.5 Å². The summed E-state index contributed by atoms with van der Waals surface area (Å²) in [6, 6.07) is 5.39. The second kappa shape index (κ2) is 10.8. The van der Waals surface area contributed by atoms with Crippen LogP contribution in [-0.2, 0) is 4.79 Å². The van der Waals surface area contributed by atoms with Crippen molar-refractivity contribution in [3.05, 3.63) is 58.8 Å². The van der Waals surface area contributed by atoms with Gasteiger partial charge in [-0.25, -0.2) is 28.1 Å². The number of anilines is 1. The maximum atomic E-state index is 14.7. The molecule has 0 bridgehead atoms. The highest BCUT2D eigenvalue weighted by Crippen LogP contribution is 2.33. The Bertz CT molecular complexity index is 1240. The quantitative estimate of drug-likeness (QED) is 0.500. The van der Waals surface area contributed by atoms with Crippen LogP contribution in [0.5, 0.6) is 0 Å². The molecule has 192 valence electrons. The van der Waals surface area contributed by atoms with E-state index in [0.29, 0.717) is 42.3 Å². The number of amides is 1. The molecule has 36 heavy (non-hydrogen) atoms. The van der Waals surface area contributed by atoms with Gasteiger partial charge in [0, 0.05) is 24.8 Å². The minimum atomic E-state index is -2.89. The summed E-state index contributed by atoms with van der Waals surface area (Å²) in [5, 5.41) is 3.87. The summed E-state index contributed by atoms with van der Waals surface area (Å²) in [5.74, 6) is 0.406. The summed E-state index contributed by atoms with van der Waals surface area (Å²) >= 11 is 0. The monoisotopic (exact) mass is 500 g/mol. The molecule has 0 spiro atoms. The maximum absolute atomic E-state index is 14.7. The second-order valence-corrected chi connectivity index (χ2v) is 9.57. The number of hydrogen-bond donors (Lipinski definition) is 1. The molecule has 3 aromatic rings. The molecule has 1 N–H and O–H groups in total. The Morgan fingerprint density at radius 2 is 1.89 bits per heavy atom. The summed E-state index contributed by atoms with van der Waals surface area (Å²) in [6.45, 7) is 5.20. The highest BCUT2D eigenvalue weighted by Gasteiger charge is 2.25. The van der Waals surface area contributed by atoms with Gasteiger partial charge in [-0.1, -0.05) is 18.2 Å². The zero-order valence-corrected chi connectivity index (χ0v) is 20.9. The van der Waals surface area contributed by atoms with Crippen LogP contribution in [-0.4, -0.2) is 64.4 Å². The van der Waals surface area contributed by atoms with Crippen LogP contribution in [0.4, 0.5) is 19.0 Å². The predicted octanol–water partition coefficient (Wildman–Crippen LogP) is 4.85. The van der Waals surface area contributed by atoms with E-state index in [1.54, 1.807) is 13.8 Å². The first-order valence-electron chi connectivity index (χ1n) is 12.0. The van der Waals surface area contributed by atoms with Crippen LogP contribution in [0.15, 0.2) is 30.5 Å². The first kappa shape index (κ1) is 25.8. The fourth-order valence-electron chi connectivity index (χ4n) is 4.66. The third-order valence-corrected chi connectivity index (χ3v) is 6.57. The summed E-state index contributed by atoms with van der Waals surface area (Å²) in [5.41, 5.74) is 1.04. The molecule has 1 fully saturated rings. The highest BCUT2D eigenvalue weighted by atomic mass is 19.3. The van der Waals surface area contributed by atoms with Crippen molar-refractivity contribution in [2.45, 2.75) is 45.1 Å². The van der Waals surface area contributed by atoms with E-state index in [2.05, 4.69) is 20.3 Å². The van der Waals surface area contributed by atoms with Gasteiger partial charge in [-0.15, -0.1) is 0 Å². The van der Waals surface area contributed by atoms with Crippen molar-refractivity contribution in [2.24, 2.45) is 0 Å². The van der Waals surface area contributed by atoms with Gasteiger partial charge in [0.25, 0.3) is 6.43 Å². The summed E-state index contributed by atoms with van der Waals surface area (Å²) in [7, 11) is 3.76. The topological polar surface area (TPSA) is 74.2 Å². The molecule has 0 unspecified atom stereocenters. The third kappa shape index (κ3) is 5.59. The third-order valence-electron chi connectivity index (χ3n) is 6.57. The lowest BCUT2D eigenvalue weighted by Crippen LogP contribution is -2.42. The molecule has 1 saturated heterocycles. The molecule has 2 aromatic heterocycles. The van der Waals surface area contributed by atoms with Gasteiger partial charge in [0.15, 0.2) is 5.65 Å². The van der Waals surface area contributed by atoms with E-state index in [4.69, 9.17) is 0 Å². The van der Waals surface area contributed by atoms with Gasteiger partial charge < -0.3 is 15.1 Å². The average Bonchev–Trinajstić information content (AvgIpc) is 2.83. The van der Waals surface area contributed by atoms with Gasteiger partial charge in [0.1, 0.15) is 17.5 Å². The number of halogens is 3. The van der Waals surface area contributed by atoms with Crippen LogP contribution in [0.2, 0.25) is 0 Å². The van der Waals surface area contributed by atoms with Crippen molar-refractivity contribution in [1.29, 1.82) is 0 Å². The molecule has 1 aliphatic heterocycles. The molecule has 1 aromatic carbocycles. The second-order valence-electron chi connectivity index (χ2n) is 9.57. The van der Waals surface area contributed by atoms with E-state index < -0.39 is 23.8 Å². The SMILES string of the molecule is Cc1nc(N[C@H](C)c2cccc(C(F)F)c2F)c2cc(C3CCN(C(=O)CN(C)C)CC3)cnc2n1. The zero-order chi connectivity index (χ0) is 26.0. The lowest BCUT2D eigenvalue weighted by molar-refractivity contribution is -0.132. The number of nitrogens with one attached hydrogen (secondary N) is 1. The van der Waals surface area contributed by atoms with Crippen molar-refractivity contribution in [1.82, 2.24) is 24.8 Å². The molecule has 1 amide bonds. The van der Waals surface area contributed by atoms with E-state index >= 15 is 0 Å². The number of aryl methyl sites for hydroxylation is 1. The molecule has 3 heterocycles. The number of piperidine rings is 1. The Balaban J connectivity index is 1.57. The van der Waals surface area contributed by atoms with Crippen LogP contribution >= 0.6 is 0 Å². The lowest BCUT2D eigenvalue weighted by Gasteiger charge is -2.33. The number of carbonyl (C=O) groups is 1. The number of carbonyl (C=O) groups excluding carboxylic acids is 1. The van der Waals surface area contributed by atoms with Crippen molar-refractivity contribution in [3.8, 4) is 0 Å². The van der Waals surface area contributed by atoms with Crippen molar-refractivity contribution >= 4 is 22.8 Å². The van der Waals surface area contributed by atoms with Gasteiger partial charge in [-0.3, -0.25) is 4.79 Å². The summed E-state index contributed by atoms with van der Waals surface area (Å²) in [4.78, 5) is 29.6. The average molecular weight is 501 g/mol. The predicted molar refractivity (Wildman–Crippen MR) is 133 cm³/mol. The Hall–Kier alpha value is -3.27. The minimum Gasteiger partial charge on any atom is -0.363 e. The van der Waals surface area contributed by atoms with Gasteiger partial charge in [-0.05, 0) is 58.3 Å². The van der Waals surface area contributed by atoms with Gasteiger partial charge in [0.05, 0.1) is 23.5 Å². The number of likely N-dealkylation sites (tertiary alicyclic amines) is 1. The largest absolute Gasteiger partial charge is 0.363 e. The smallest absolute Gasteiger partial charge is 0.266 e. The number of aromatic nitrogens is 3. The minimum absolute atomic E-state index is 0.127. The van der Waals surface area contributed by atoms with Gasteiger partial charge in [-0.2, -0.15) is 0 Å². The van der Waals surface area contributed by atoms with E-state index in [9.17, 15) is 18.0 Å². The first-order chi connectivity index (χ1) is 17.1. The summed E-state index contributed by atoms with van der Waals surface area (Å²) in [6.07, 6.45) is 0.569.